The Labute approximate surface area is 746 Å². The maximum atomic E-state index is 15.7. The van der Waals surface area contributed by atoms with Crippen molar-refractivity contribution < 1.29 is 66.2 Å². The number of nitrogens with two attached hydrogens (primary N) is 1. The van der Waals surface area contributed by atoms with Crippen LogP contribution >= 0.6 is 0 Å². The maximum Gasteiger partial charge on any atom is 0.409 e. The van der Waals surface area contributed by atoms with Gasteiger partial charge in [0.05, 0.1) is 30.9 Å². The Kier molecular flexibility index (Phi) is 28.1. The molecule has 1 fully saturated rings. The third kappa shape index (κ3) is 21.3. The molecule has 0 spiro atoms. The van der Waals surface area contributed by atoms with E-state index < -0.39 is 62.0 Å². The van der Waals surface area contributed by atoms with Gasteiger partial charge < -0.3 is 78.7 Å². The van der Waals surface area contributed by atoms with Crippen LogP contribution in [0.5, 0.6) is 11.5 Å². The number of nitrogens with zero attached hydrogens (tertiary/aromatic N) is 8. The standard InChI is InChI=1S/C100H121N13O13Si/c1-63(2)91(106-97(120)125-99(6,7)8)93(116)105-87(30-23-42-103-96(102)119)92(115)104-74-34-33-71(72(52-74)58-107(12)98(121)124-62-86-81-28-21-19-26-79(81)80-27-20-22-29-82(80)86)61-113(44-47-122-48-45-113)46-49-123-77-37-31-67(32-38-77)51-90(114)110-43-41-69-53-84(85(54-73(69)59-110)94(117)111-60-70-25-18-17-24-68(70)50-64(111)3)89-56-83(65(4)109(89)14)95(118)112(88-55-76(57-101)108(13)66(88)5)75-35-39-78(40-36-75)126-127(15,16)100(9,10)11/h17-22,24-29,31-40,52-56,63-64,86-87,91H,23,30,41-51,58-62H2,1-16H3,(H5-,102,103,104,105,106,115,116,119,120)/p+1/t64-,87+,91+/m1/s1. The summed E-state index contributed by atoms with van der Waals surface area (Å²) in [5, 5.41) is 21.3. The van der Waals surface area contributed by atoms with Crippen LogP contribution in [0, 0.1) is 31.1 Å². The van der Waals surface area contributed by atoms with Gasteiger partial charge in [-0.3, -0.25) is 28.9 Å². The number of amides is 9. The summed E-state index contributed by atoms with van der Waals surface area (Å²) >= 11 is 0. The average molecular weight is 1740 g/mol. The summed E-state index contributed by atoms with van der Waals surface area (Å²) in [6.07, 6.45) is 0.330. The molecule has 9 amide bonds. The number of urea groups is 1. The molecule has 0 unspecified atom stereocenters. The summed E-state index contributed by atoms with van der Waals surface area (Å²) in [5.41, 5.74) is 21.1. The summed E-state index contributed by atoms with van der Waals surface area (Å²) < 4.78 is 35.3. The van der Waals surface area contributed by atoms with Crippen molar-refractivity contribution in [3.63, 3.8) is 0 Å². The van der Waals surface area contributed by atoms with Gasteiger partial charge in [-0.1, -0.05) is 126 Å². The largest absolute Gasteiger partial charge is 0.544 e. The molecule has 1 aliphatic carbocycles. The molecule has 26 nitrogen and oxygen atoms in total. The number of anilines is 3. The second-order valence-electron chi connectivity index (χ2n) is 37.2. The van der Waals surface area contributed by atoms with Crippen molar-refractivity contribution >= 4 is 73.1 Å². The number of carbonyl (C=O) groups excluding carboxylic acids is 8. The lowest BCUT2D eigenvalue weighted by Gasteiger charge is -2.41. The Morgan fingerprint density at radius 1 is 0.717 bits per heavy atom. The number of aromatic nitrogens is 2. The molecular formula is C100H122N13O13Si+. The van der Waals surface area contributed by atoms with Gasteiger partial charge in [-0.15, -0.1) is 0 Å². The first kappa shape index (κ1) is 92.2. The number of hydrogen-bond acceptors (Lipinski definition) is 14. The van der Waals surface area contributed by atoms with Crippen LogP contribution in [-0.4, -0.2) is 174 Å². The summed E-state index contributed by atoms with van der Waals surface area (Å²) in [7, 11) is 3.20. The Morgan fingerprint density at radius 2 is 1.38 bits per heavy atom. The molecule has 13 rings (SSSR count). The number of carbonyl (C=O) groups is 8. The minimum absolute atomic E-state index is 0.0431. The molecule has 668 valence electrons. The Bertz CT molecular complexity index is 5610. The van der Waals surface area contributed by atoms with E-state index in [1.165, 1.54) is 10.5 Å². The van der Waals surface area contributed by atoms with Gasteiger partial charge >= 0.3 is 18.2 Å². The first-order chi connectivity index (χ1) is 60.4. The molecule has 7 aromatic carbocycles. The van der Waals surface area contributed by atoms with Gasteiger partial charge in [0.15, 0.2) is 0 Å². The van der Waals surface area contributed by atoms with E-state index in [1.807, 2.05) is 152 Å². The van der Waals surface area contributed by atoms with E-state index in [0.717, 1.165) is 61.3 Å². The Morgan fingerprint density at radius 3 is 2.02 bits per heavy atom. The quantitative estimate of drug-likeness (QED) is 0.0165. The average Bonchev–Trinajstić information content (AvgIpc) is 1.68. The fraction of sp³-hybridized carbons (Fsp3) is 0.410. The first-order valence-corrected chi connectivity index (χ1v) is 46.9. The van der Waals surface area contributed by atoms with Gasteiger partial charge in [0.1, 0.15) is 80.3 Å². The molecule has 27 heteroatoms. The fourth-order valence-corrected chi connectivity index (χ4v) is 18.3. The van der Waals surface area contributed by atoms with Gasteiger partial charge in [-0.2, -0.15) is 5.26 Å². The number of nitrogens with one attached hydrogen (secondary N) is 4. The molecule has 4 aliphatic rings. The number of alkyl carbamates (subject to hydrolysis) is 1. The molecule has 3 atom stereocenters. The molecule has 3 aliphatic heterocycles. The van der Waals surface area contributed by atoms with E-state index in [4.69, 9.17) is 29.1 Å². The second-order valence-corrected chi connectivity index (χ2v) is 41.9. The van der Waals surface area contributed by atoms with Gasteiger partial charge in [-0.05, 0) is 220 Å². The Balaban J connectivity index is 0.719. The number of nitriles is 1. The lowest BCUT2D eigenvalue weighted by atomic mass is 9.89. The normalized spacial score (nSPS) is 15.3. The van der Waals surface area contributed by atoms with Gasteiger partial charge in [0, 0.05) is 111 Å². The number of morpholine rings is 1. The first-order valence-electron chi connectivity index (χ1n) is 44.0. The third-order valence-corrected chi connectivity index (χ3v) is 30.2. The van der Waals surface area contributed by atoms with Crippen LogP contribution < -0.4 is 41.1 Å². The SMILES string of the molecule is Cc1c(N(C(=O)c2cc(-c3cc4c(cc3C(=O)N3Cc5ccccc5C[C@H]3C)CN(C(=O)Cc3ccc(OCC[N+]5(Cc6ccc(NC(=O)[C@H](CCCNC(N)=O)NC(=O)[C@@H](NC(=O)OC(C)(C)C)C(C)C)cc6CN(C)C(=O)OCC6c7ccccc7-c7ccccc76)CCOCC5)cc3)CC4)n(C)c2C)c2ccc(O[Si](C)(C)C(C)(C)C)cc2)cc(C#N)n1C. The third-order valence-electron chi connectivity index (χ3n) is 25.9. The topological polar surface area (TPSA) is 303 Å². The van der Waals surface area contributed by atoms with Gasteiger partial charge in [0.2, 0.25) is 26.0 Å². The maximum absolute atomic E-state index is 15.7. The molecule has 0 saturated carbocycles. The van der Waals surface area contributed by atoms with E-state index in [2.05, 4.69) is 111 Å². The predicted octanol–water partition coefficient (Wildman–Crippen LogP) is 15.8. The van der Waals surface area contributed by atoms with Crippen molar-refractivity contribution in [3.8, 4) is 40.0 Å². The number of hydrogen-bond donors (Lipinski definition) is 5. The zero-order valence-electron chi connectivity index (χ0n) is 76.2. The molecule has 6 N–H and O–H groups in total. The van der Waals surface area contributed by atoms with Crippen LogP contribution in [0.1, 0.15) is 169 Å². The van der Waals surface area contributed by atoms with Crippen molar-refractivity contribution in [3.05, 3.63) is 242 Å². The lowest BCUT2D eigenvalue weighted by molar-refractivity contribution is -0.947. The molecule has 9 aromatic rings. The van der Waals surface area contributed by atoms with Crippen LogP contribution in [0.4, 0.5) is 31.4 Å². The lowest BCUT2D eigenvalue weighted by Crippen LogP contribution is -2.56. The molecule has 0 radical (unpaired) electrons. The highest BCUT2D eigenvalue weighted by atomic mass is 28.4. The Hall–Kier alpha value is -12.5. The summed E-state index contributed by atoms with van der Waals surface area (Å²) in [6.45, 7) is 30.6. The highest BCUT2D eigenvalue weighted by Gasteiger charge is 2.41. The zero-order chi connectivity index (χ0) is 91.1. The van der Waals surface area contributed by atoms with Crippen LogP contribution in [0.15, 0.2) is 164 Å². The predicted molar refractivity (Wildman–Crippen MR) is 493 cm³/mol. The number of ether oxygens (including phenoxy) is 4. The number of fused-ring (bicyclic) bond motifs is 5. The molecule has 127 heavy (non-hydrogen) atoms. The molecule has 0 bridgehead atoms. The van der Waals surface area contributed by atoms with Crippen LogP contribution in [0.3, 0.4) is 0 Å². The highest BCUT2D eigenvalue weighted by molar-refractivity contribution is 6.74. The van der Waals surface area contributed by atoms with Gasteiger partial charge in [0.25, 0.3) is 11.8 Å². The van der Waals surface area contributed by atoms with Crippen LogP contribution in [0.25, 0.3) is 22.4 Å². The number of benzene rings is 7. The van der Waals surface area contributed by atoms with Crippen molar-refractivity contribution in [2.45, 2.75) is 182 Å². The van der Waals surface area contributed by atoms with Crippen molar-refractivity contribution in [1.82, 2.24) is 39.8 Å². The molecule has 1 saturated heterocycles. The van der Waals surface area contributed by atoms with Crippen molar-refractivity contribution in [2.75, 3.05) is 76.4 Å². The second kappa shape index (κ2) is 38.8. The monoisotopic (exact) mass is 1740 g/mol. The minimum atomic E-state index is -2.22. The number of quaternary nitrogens is 1. The fourth-order valence-electron chi connectivity index (χ4n) is 17.3. The van der Waals surface area contributed by atoms with E-state index in [9.17, 15) is 34.0 Å². The zero-order valence-corrected chi connectivity index (χ0v) is 77.2. The van der Waals surface area contributed by atoms with Crippen LogP contribution in [-0.2, 0) is 88.1 Å². The number of primary amides is 1. The van der Waals surface area contributed by atoms with Gasteiger partial charge in [-0.25, -0.2) is 14.4 Å². The van der Waals surface area contributed by atoms with E-state index in [0.29, 0.717) is 139 Å². The summed E-state index contributed by atoms with van der Waals surface area (Å²) in [4.78, 5) is 121. The van der Waals surface area contributed by atoms with E-state index >= 15 is 9.59 Å². The van der Waals surface area contributed by atoms with Crippen molar-refractivity contribution in [1.29, 1.82) is 5.26 Å². The highest BCUT2D eigenvalue weighted by Crippen LogP contribution is 2.46. The molecule has 5 heterocycles. The van der Waals surface area contributed by atoms with Crippen LogP contribution in [0.2, 0.25) is 18.1 Å². The molecule has 2 aromatic heterocycles. The van der Waals surface area contributed by atoms with E-state index in [1.54, 1.807) is 63.3 Å². The van der Waals surface area contributed by atoms with E-state index in [-0.39, 0.29) is 80.2 Å². The summed E-state index contributed by atoms with van der Waals surface area (Å²) in [5.74, 6) is -0.959. The number of rotatable bonds is 29. The minimum Gasteiger partial charge on any atom is -0.544 e. The smallest absolute Gasteiger partial charge is 0.409 e. The molecular weight excluding hydrogens is 1620 g/mol. The summed E-state index contributed by atoms with van der Waals surface area (Å²) in [6, 6.07) is 52.2. The van der Waals surface area contributed by atoms with Crippen molar-refractivity contribution in [2.24, 2.45) is 25.7 Å².